The van der Waals surface area contributed by atoms with Gasteiger partial charge >= 0.3 is 6.03 Å². The van der Waals surface area contributed by atoms with Gasteiger partial charge in [0.2, 0.25) is 0 Å². The summed E-state index contributed by atoms with van der Waals surface area (Å²) >= 11 is 0. The van der Waals surface area contributed by atoms with Crippen molar-refractivity contribution in [3.05, 3.63) is 11.5 Å². The quantitative estimate of drug-likeness (QED) is 0.380. The topological polar surface area (TPSA) is 61.8 Å². The van der Waals surface area contributed by atoms with Crippen LogP contribution in [0.15, 0.2) is 0 Å². The maximum atomic E-state index is 11.4. The van der Waals surface area contributed by atoms with Crippen molar-refractivity contribution in [2.75, 3.05) is 26.3 Å². The molecule has 2 heterocycles. The Kier molecular flexibility index (Phi) is 2.52. The summed E-state index contributed by atoms with van der Waals surface area (Å²) in [6, 6.07) is -0.369. The number of epoxide rings is 2. The minimum absolute atomic E-state index is 0.144. The van der Waals surface area contributed by atoms with Crippen LogP contribution < -0.4 is 5.43 Å². The Bertz CT molecular complexity index is 253. The van der Waals surface area contributed by atoms with Crippen LogP contribution in [0.5, 0.6) is 0 Å². The van der Waals surface area contributed by atoms with E-state index in [2.05, 4.69) is 10.4 Å². The first-order chi connectivity index (χ1) is 6.79. The lowest BCUT2D eigenvalue weighted by atomic mass is 10.3. The SMILES string of the molecule is [C-]#[N+]NC(=O)N(CC1CO1)CC1CO1. The van der Waals surface area contributed by atoms with Gasteiger partial charge in [-0.2, -0.15) is 11.5 Å². The number of nitrogens with zero attached hydrogens (tertiary/aromatic N) is 2. The summed E-state index contributed by atoms with van der Waals surface area (Å²) in [6.45, 7) is 9.02. The second-order valence-corrected chi connectivity index (χ2v) is 3.34. The van der Waals surface area contributed by atoms with Crippen molar-refractivity contribution in [3.8, 4) is 0 Å². The number of carbonyl (C=O) groups excluding carboxylic acids is 1. The molecule has 2 amide bonds. The second-order valence-electron chi connectivity index (χ2n) is 3.34. The zero-order valence-electron chi connectivity index (χ0n) is 7.60. The number of nitrogens with one attached hydrogen (secondary N) is 1. The first-order valence-corrected chi connectivity index (χ1v) is 4.44. The summed E-state index contributed by atoms with van der Waals surface area (Å²) in [4.78, 5) is 15.8. The third-order valence-electron chi connectivity index (χ3n) is 2.09. The molecule has 0 bridgehead atoms. The molecular formula is C8H11N3O3. The number of amides is 2. The largest absolute Gasteiger partial charge is 0.382 e. The Morgan fingerprint density at radius 3 is 2.29 bits per heavy atom. The fraction of sp³-hybridized carbons (Fsp3) is 0.750. The molecule has 0 spiro atoms. The van der Waals surface area contributed by atoms with Crippen LogP contribution in [-0.2, 0) is 9.47 Å². The lowest BCUT2D eigenvalue weighted by Gasteiger charge is -2.17. The van der Waals surface area contributed by atoms with Gasteiger partial charge in [-0.05, 0) is 5.43 Å². The lowest BCUT2D eigenvalue weighted by Crippen LogP contribution is -2.41. The van der Waals surface area contributed by atoms with Gasteiger partial charge in [0.1, 0.15) is 0 Å². The van der Waals surface area contributed by atoms with Crippen LogP contribution in [0.2, 0.25) is 0 Å². The monoisotopic (exact) mass is 197 g/mol. The van der Waals surface area contributed by atoms with Gasteiger partial charge in [0.15, 0.2) is 0 Å². The average molecular weight is 197 g/mol. The summed E-state index contributed by atoms with van der Waals surface area (Å²) in [6.07, 6.45) is 0.287. The standard InChI is InChI=1S/C8H11N3O3/c1-9-10-8(12)11(2-6-4-13-6)3-7-5-14-7/h6-7H,2-5H2,(H,10,12). The van der Waals surface area contributed by atoms with Crippen LogP contribution in [0.25, 0.3) is 4.95 Å². The zero-order valence-corrected chi connectivity index (χ0v) is 7.60. The third kappa shape index (κ3) is 2.58. The Morgan fingerprint density at radius 2 is 1.93 bits per heavy atom. The molecule has 0 aromatic rings. The van der Waals surface area contributed by atoms with Crippen molar-refractivity contribution in [1.82, 2.24) is 10.3 Å². The highest BCUT2D eigenvalue weighted by molar-refractivity contribution is 5.74. The molecular weight excluding hydrogens is 186 g/mol. The molecule has 0 aromatic carbocycles. The van der Waals surface area contributed by atoms with E-state index in [0.717, 1.165) is 0 Å². The van der Waals surface area contributed by atoms with Gasteiger partial charge in [0.25, 0.3) is 0 Å². The van der Waals surface area contributed by atoms with Crippen LogP contribution in [-0.4, -0.2) is 49.4 Å². The van der Waals surface area contributed by atoms with E-state index in [1.165, 1.54) is 0 Å². The normalized spacial score (nSPS) is 27.6. The Morgan fingerprint density at radius 1 is 1.43 bits per heavy atom. The summed E-state index contributed by atoms with van der Waals surface area (Å²) in [5, 5.41) is 0. The molecule has 0 saturated carbocycles. The van der Waals surface area contributed by atoms with Crippen molar-refractivity contribution in [1.29, 1.82) is 0 Å². The third-order valence-corrected chi connectivity index (χ3v) is 2.09. The van der Waals surface area contributed by atoms with E-state index < -0.39 is 0 Å². The highest BCUT2D eigenvalue weighted by Crippen LogP contribution is 2.15. The van der Waals surface area contributed by atoms with Gasteiger partial charge in [-0.25, -0.2) is 4.79 Å². The fourth-order valence-corrected chi connectivity index (χ4v) is 1.20. The average Bonchev–Trinajstić information content (AvgIpc) is 2.97. The van der Waals surface area contributed by atoms with E-state index in [0.29, 0.717) is 26.3 Å². The van der Waals surface area contributed by atoms with Crippen molar-refractivity contribution < 1.29 is 14.3 Å². The van der Waals surface area contributed by atoms with E-state index in [4.69, 9.17) is 16.0 Å². The number of hydrogen-bond donors (Lipinski definition) is 1. The molecule has 0 aliphatic carbocycles. The number of rotatable bonds is 4. The van der Waals surface area contributed by atoms with Gasteiger partial charge < -0.3 is 14.4 Å². The Labute approximate surface area is 81.6 Å². The highest BCUT2D eigenvalue weighted by atomic mass is 16.6. The van der Waals surface area contributed by atoms with Gasteiger partial charge in [-0.3, -0.25) is 0 Å². The van der Waals surface area contributed by atoms with Gasteiger partial charge in [0, 0.05) is 0 Å². The lowest BCUT2D eigenvalue weighted by molar-refractivity contribution is 0.188. The molecule has 1 N–H and O–H groups in total. The Hall–Kier alpha value is -1.32. The maximum Gasteiger partial charge on any atom is 0.382 e. The minimum atomic E-state index is -0.369. The number of carbonyl (C=O) groups is 1. The molecule has 0 radical (unpaired) electrons. The van der Waals surface area contributed by atoms with E-state index >= 15 is 0 Å². The van der Waals surface area contributed by atoms with E-state index in [1.807, 2.05) is 0 Å². The van der Waals surface area contributed by atoms with Gasteiger partial charge in [-0.15, -0.1) is 0 Å². The van der Waals surface area contributed by atoms with Crippen LogP contribution in [0.4, 0.5) is 4.79 Å². The molecule has 2 fully saturated rings. The smallest absolute Gasteiger partial charge is 0.371 e. The predicted molar refractivity (Wildman–Crippen MR) is 46.2 cm³/mol. The number of hydrogen-bond acceptors (Lipinski definition) is 3. The minimum Gasteiger partial charge on any atom is -0.371 e. The first-order valence-electron chi connectivity index (χ1n) is 4.44. The summed E-state index contributed by atoms with van der Waals surface area (Å²) in [7, 11) is 0. The maximum absolute atomic E-state index is 11.4. The molecule has 6 heteroatoms. The first kappa shape index (κ1) is 9.24. The molecule has 6 nitrogen and oxygen atoms in total. The van der Waals surface area contributed by atoms with Crippen molar-refractivity contribution in [2.45, 2.75) is 12.2 Å². The molecule has 2 unspecified atom stereocenters. The van der Waals surface area contributed by atoms with Crippen molar-refractivity contribution in [2.24, 2.45) is 0 Å². The van der Waals surface area contributed by atoms with Crippen molar-refractivity contribution in [3.63, 3.8) is 0 Å². The van der Waals surface area contributed by atoms with E-state index in [9.17, 15) is 4.79 Å². The summed E-state index contributed by atoms with van der Waals surface area (Å²) in [5.74, 6) is 0. The molecule has 76 valence electrons. The zero-order chi connectivity index (χ0) is 9.97. The number of urea groups is 1. The van der Waals surface area contributed by atoms with E-state index in [-0.39, 0.29) is 18.2 Å². The molecule has 2 aliphatic rings. The van der Waals surface area contributed by atoms with Crippen molar-refractivity contribution >= 4 is 6.03 Å². The molecule has 0 aromatic heterocycles. The molecule has 2 saturated heterocycles. The van der Waals surface area contributed by atoms with E-state index in [1.54, 1.807) is 4.90 Å². The van der Waals surface area contributed by atoms with Gasteiger partial charge in [-0.1, -0.05) is 0 Å². The van der Waals surface area contributed by atoms with Crippen LogP contribution >= 0.6 is 0 Å². The number of ether oxygens (including phenoxy) is 2. The van der Waals surface area contributed by atoms with Crippen LogP contribution in [0.3, 0.4) is 0 Å². The summed E-state index contributed by atoms with van der Waals surface area (Å²) < 4.78 is 10.1. The fourth-order valence-electron chi connectivity index (χ4n) is 1.20. The Balaban J connectivity index is 1.82. The van der Waals surface area contributed by atoms with Gasteiger partial charge in [0.05, 0.1) is 38.5 Å². The highest BCUT2D eigenvalue weighted by Gasteiger charge is 2.33. The molecule has 2 aliphatic heterocycles. The molecule has 2 rings (SSSR count). The predicted octanol–water partition coefficient (Wildman–Crippen LogP) is -0.370. The van der Waals surface area contributed by atoms with Crippen LogP contribution in [0, 0.1) is 6.57 Å². The second kappa shape index (κ2) is 3.82. The molecule has 2 atom stereocenters. The summed E-state index contributed by atoms with van der Waals surface area (Å²) in [5.41, 5.74) is 2.08. The molecule has 14 heavy (non-hydrogen) atoms. The van der Waals surface area contributed by atoms with Crippen LogP contribution in [0.1, 0.15) is 0 Å².